The van der Waals surface area contributed by atoms with Crippen molar-refractivity contribution in [2.45, 2.75) is 19.5 Å². The number of hydrogen-bond donors (Lipinski definition) is 4. The molecular weight excluding hydrogens is 466 g/mol. The molecule has 4 N–H and O–H groups in total. The fourth-order valence-corrected chi connectivity index (χ4v) is 3.74. The van der Waals surface area contributed by atoms with Gasteiger partial charge in [-0.05, 0) is 66.6 Å². The van der Waals surface area contributed by atoms with E-state index in [2.05, 4.69) is 51.6 Å². The van der Waals surface area contributed by atoms with E-state index in [4.69, 9.17) is 4.74 Å². The van der Waals surface area contributed by atoms with Gasteiger partial charge in [0.05, 0.1) is 31.2 Å². The minimum absolute atomic E-state index is 0.0200. The SMILES string of the molecule is C=CC(=O)Nc1ccc(CNc2cccc(C(C)Nc3cncc(-c4ccc(O)c(OC)c4)n3)c2)cc1. The molecule has 8 nitrogen and oxygen atoms in total. The van der Waals surface area contributed by atoms with E-state index < -0.39 is 0 Å². The smallest absolute Gasteiger partial charge is 0.247 e. The van der Waals surface area contributed by atoms with Crippen molar-refractivity contribution >= 4 is 23.1 Å². The molecule has 4 aromatic rings. The summed E-state index contributed by atoms with van der Waals surface area (Å²) in [5.74, 6) is 0.859. The number of rotatable bonds is 10. The standard InChI is InChI=1S/C29H29N5O3/c1-4-29(36)33-23-11-8-20(9-12-23)16-31-24-7-5-6-21(14-24)19(2)32-28-18-30-17-25(34-28)22-10-13-26(35)27(15-22)37-3/h4-15,17-19,31,35H,1,16H2,2-3H3,(H,32,34)(H,33,36). The molecule has 0 aliphatic heterocycles. The van der Waals surface area contributed by atoms with Crippen LogP contribution in [0.5, 0.6) is 11.5 Å². The van der Waals surface area contributed by atoms with Crippen molar-refractivity contribution in [3.8, 4) is 22.8 Å². The van der Waals surface area contributed by atoms with Crippen LogP contribution in [0.1, 0.15) is 24.1 Å². The Bertz CT molecular complexity index is 1390. The Labute approximate surface area is 216 Å². The fraction of sp³-hybridized carbons (Fsp3) is 0.138. The number of anilines is 3. The van der Waals surface area contributed by atoms with Crippen molar-refractivity contribution in [3.05, 3.63) is 103 Å². The molecule has 188 valence electrons. The molecule has 0 aliphatic carbocycles. The summed E-state index contributed by atoms with van der Waals surface area (Å²) in [4.78, 5) is 20.4. The lowest BCUT2D eigenvalue weighted by atomic mass is 10.1. The Kier molecular flexibility index (Phi) is 8.00. The van der Waals surface area contributed by atoms with Gasteiger partial charge in [-0.15, -0.1) is 0 Å². The largest absolute Gasteiger partial charge is 0.504 e. The van der Waals surface area contributed by atoms with Crippen molar-refractivity contribution in [2.24, 2.45) is 0 Å². The molecule has 1 heterocycles. The topological polar surface area (TPSA) is 108 Å². The van der Waals surface area contributed by atoms with Crippen LogP contribution in [0.15, 0.2) is 91.8 Å². The van der Waals surface area contributed by atoms with Crippen LogP contribution < -0.4 is 20.7 Å². The summed E-state index contributed by atoms with van der Waals surface area (Å²) in [6, 6.07) is 20.9. The number of methoxy groups -OCH3 is 1. The van der Waals surface area contributed by atoms with Gasteiger partial charge < -0.3 is 25.8 Å². The molecule has 0 aliphatic rings. The van der Waals surface area contributed by atoms with E-state index in [1.807, 2.05) is 36.4 Å². The van der Waals surface area contributed by atoms with E-state index in [1.165, 1.54) is 13.2 Å². The van der Waals surface area contributed by atoms with Crippen LogP contribution in [-0.2, 0) is 11.3 Å². The number of nitrogens with zero attached hydrogens (tertiary/aromatic N) is 2. The minimum Gasteiger partial charge on any atom is -0.504 e. The normalized spacial score (nSPS) is 11.3. The van der Waals surface area contributed by atoms with E-state index in [0.29, 0.717) is 23.8 Å². The Hall–Kier alpha value is -4.85. The van der Waals surface area contributed by atoms with Crippen LogP contribution in [-0.4, -0.2) is 28.1 Å². The number of aromatic hydroxyl groups is 1. The van der Waals surface area contributed by atoms with Crippen LogP contribution in [0.25, 0.3) is 11.3 Å². The molecule has 1 aromatic heterocycles. The van der Waals surface area contributed by atoms with Gasteiger partial charge in [-0.1, -0.05) is 30.8 Å². The first-order valence-corrected chi connectivity index (χ1v) is 11.8. The third-order valence-electron chi connectivity index (χ3n) is 5.76. The van der Waals surface area contributed by atoms with Crippen LogP contribution in [0.4, 0.5) is 17.2 Å². The molecule has 1 amide bonds. The zero-order valence-corrected chi connectivity index (χ0v) is 20.7. The molecule has 0 spiro atoms. The zero-order chi connectivity index (χ0) is 26.2. The number of carbonyl (C=O) groups excluding carboxylic acids is 1. The maximum absolute atomic E-state index is 11.4. The number of ether oxygens (including phenoxy) is 1. The third-order valence-corrected chi connectivity index (χ3v) is 5.76. The van der Waals surface area contributed by atoms with Crippen molar-refractivity contribution in [3.63, 3.8) is 0 Å². The maximum Gasteiger partial charge on any atom is 0.247 e. The van der Waals surface area contributed by atoms with E-state index >= 15 is 0 Å². The van der Waals surface area contributed by atoms with Crippen molar-refractivity contribution in [1.29, 1.82) is 0 Å². The first-order valence-electron chi connectivity index (χ1n) is 11.8. The van der Waals surface area contributed by atoms with Crippen molar-refractivity contribution in [1.82, 2.24) is 9.97 Å². The highest BCUT2D eigenvalue weighted by molar-refractivity contribution is 5.98. The summed E-state index contributed by atoms with van der Waals surface area (Å²) in [5, 5.41) is 19.5. The van der Waals surface area contributed by atoms with E-state index in [0.717, 1.165) is 28.1 Å². The Morgan fingerprint density at radius 1 is 1.08 bits per heavy atom. The van der Waals surface area contributed by atoms with Gasteiger partial charge in [0.2, 0.25) is 5.91 Å². The number of benzene rings is 3. The second-order valence-corrected chi connectivity index (χ2v) is 8.41. The van der Waals surface area contributed by atoms with Gasteiger partial charge in [0, 0.05) is 23.5 Å². The lowest BCUT2D eigenvalue weighted by Gasteiger charge is -2.17. The van der Waals surface area contributed by atoms with Crippen LogP contribution >= 0.6 is 0 Å². The monoisotopic (exact) mass is 495 g/mol. The Morgan fingerprint density at radius 3 is 2.65 bits per heavy atom. The number of hydrogen-bond acceptors (Lipinski definition) is 7. The molecule has 0 saturated heterocycles. The van der Waals surface area contributed by atoms with Crippen LogP contribution in [0.2, 0.25) is 0 Å². The summed E-state index contributed by atoms with van der Waals surface area (Å²) < 4.78 is 5.20. The van der Waals surface area contributed by atoms with Crippen LogP contribution in [0, 0.1) is 0 Å². The molecular formula is C29H29N5O3. The maximum atomic E-state index is 11.4. The third kappa shape index (κ3) is 6.64. The minimum atomic E-state index is -0.233. The molecule has 37 heavy (non-hydrogen) atoms. The van der Waals surface area contributed by atoms with Gasteiger partial charge >= 0.3 is 0 Å². The van der Waals surface area contributed by atoms with Crippen LogP contribution in [0.3, 0.4) is 0 Å². The summed E-state index contributed by atoms with van der Waals surface area (Å²) in [5.41, 5.74) is 5.36. The zero-order valence-electron chi connectivity index (χ0n) is 20.7. The highest BCUT2D eigenvalue weighted by Gasteiger charge is 2.10. The highest BCUT2D eigenvalue weighted by atomic mass is 16.5. The second kappa shape index (κ2) is 11.7. The van der Waals surface area contributed by atoms with E-state index in [1.54, 1.807) is 30.6 Å². The van der Waals surface area contributed by atoms with E-state index in [9.17, 15) is 9.90 Å². The second-order valence-electron chi connectivity index (χ2n) is 8.41. The predicted molar refractivity (Wildman–Crippen MR) is 147 cm³/mol. The molecule has 8 heteroatoms. The number of aromatic nitrogens is 2. The number of phenols is 1. The fourth-order valence-electron chi connectivity index (χ4n) is 3.74. The lowest BCUT2D eigenvalue weighted by molar-refractivity contribution is -0.111. The number of nitrogens with one attached hydrogen (secondary N) is 3. The van der Waals surface area contributed by atoms with Crippen molar-refractivity contribution < 1.29 is 14.6 Å². The summed E-state index contributed by atoms with van der Waals surface area (Å²) >= 11 is 0. The van der Waals surface area contributed by atoms with E-state index in [-0.39, 0.29) is 17.7 Å². The molecule has 0 fully saturated rings. The van der Waals surface area contributed by atoms with Gasteiger partial charge in [0.25, 0.3) is 0 Å². The van der Waals surface area contributed by atoms with Gasteiger partial charge in [-0.25, -0.2) is 4.98 Å². The first-order chi connectivity index (χ1) is 17.9. The number of phenolic OH excluding ortho intramolecular Hbond substituents is 1. The Morgan fingerprint density at radius 2 is 1.89 bits per heavy atom. The molecule has 1 atom stereocenters. The molecule has 0 bridgehead atoms. The highest BCUT2D eigenvalue weighted by Crippen LogP contribution is 2.31. The lowest BCUT2D eigenvalue weighted by Crippen LogP contribution is -2.09. The van der Waals surface area contributed by atoms with Gasteiger partial charge in [-0.3, -0.25) is 9.78 Å². The first kappa shape index (κ1) is 25.2. The summed E-state index contributed by atoms with van der Waals surface area (Å²) in [6.07, 6.45) is 4.60. The molecule has 3 aromatic carbocycles. The van der Waals surface area contributed by atoms with Gasteiger partial charge in [0.15, 0.2) is 11.5 Å². The average molecular weight is 496 g/mol. The average Bonchev–Trinajstić information content (AvgIpc) is 2.93. The molecule has 4 rings (SSSR count). The van der Waals surface area contributed by atoms with Gasteiger partial charge in [0.1, 0.15) is 5.82 Å². The quantitative estimate of drug-likeness (QED) is 0.207. The predicted octanol–water partition coefficient (Wildman–Crippen LogP) is 5.77. The summed E-state index contributed by atoms with van der Waals surface area (Å²) in [7, 11) is 1.51. The molecule has 0 saturated carbocycles. The summed E-state index contributed by atoms with van der Waals surface area (Å²) in [6.45, 7) is 6.17. The van der Waals surface area contributed by atoms with Crippen molar-refractivity contribution in [2.75, 3.05) is 23.1 Å². The number of amides is 1. The Balaban J connectivity index is 1.39. The van der Waals surface area contributed by atoms with Gasteiger partial charge in [-0.2, -0.15) is 0 Å². The number of carbonyl (C=O) groups is 1. The molecule has 0 radical (unpaired) electrons. The molecule has 1 unspecified atom stereocenters.